The van der Waals surface area contributed by atoms with E-state index in [-0.39, 0.29) is 50.5 Å². The Bertz CT molecular complexity index is 588. The van der Waals surface area contributed by atoms with Crippen LogP contribution < -0.4 is 22.3 Å². The summed E-state index contributed by atoms with van der Waals surface area (Å²) in [5.74, 6) is 2.46. The van der Waals surface area contributed by atoms with Crippen molar-refractivity contribution in [3.63, 3.8) is 0 Å². The molecule has 2 N–H and O–H groups in total. The molecule has 0 heterocycles. The van der Waals surface area contributed by atoms with Crippen LogP contribution in [0.4, 0.5) is 0 Å². The fourth-order valence-electron chi connectivity index (χ4n) is 7.54. The largest absolute Gasteiger partial charge is 1.00 e. The summed E-state index contributed by atoms with van der Waals surface area (Å²) in [6.07, 6.45) is 4.53. The van der Waals surface area contributed by atoms with Crippen molar-refractivity contribution >= 4 is 11.6 Å². The highest BCUT2D eigenvalue weighted by Crippen LogP contribution is 2.66. The van der Waals surface area contributed by atoms with Crippen LogP contribution in [0.5, 0.6) is 0 Å². The molecule has 0 saturated heterocycles. The van der Waals surface area contributed by atoms with E-state index >= 15 is 0 Å². The number of hydrogen-bond acceptors (Lipinski definition) is 2. The number of carbonyl (C=O) groups is 2. The zero-order valence-electron chi connectivity index (χ0n) is 17.3. The van der Waals surface area contributed by atoms with Gasteiger partial charge in [-0.05, 0) is 48.3 Å². The molecule has 4 rings (SSSR count). The lowest BCUT2D eigenvalue weighted by Gasteiger charge is -2.32. The van der Waals surface area contributed by atoms with E-state index < -0.39 is 0 Å². The number of halogens is 1. The smallest absolute Gasteiger partial charge is 0.148 e. The van der Waals surface area contributed by atoms with Gasteiger partial charge in [0.25, 0.3) is 0 Å². The molecule has 0 aliphatic heterocycles. The molecule has 3 nitrogen and oxygen atoms in total. The minimum absolute atomic E-state index is 0. The van der Waals surface area contributed by atoms with Gasteiger partial charge in [0.15, 0.2) is 0 Å². The zero-order chi connectivity index (χ0) is 18.4. The molecule has 0 radical (unpaired) electrons. The Morgan fingerprint density at radius 1 is 0.769 bits per heavy atom. The van der Waals surface area contributed by atoms with Gasteiger partial charge in [0.2, 0.25) is 0 Å². The monoisotopic (exact) mass is 425 g/mol. The number of quaternary nitrogens is 1. The number of ketones is 2. The standard InChI is InChI=1S/C22H35NO2.BrH/c1-19(2)15-7-9-21(19,5)17(24)13(15)11-23-12-14-16-8-10-22(6,18(14)25)20(16,3)4;/h13-16,23H,7-12H2,1-6H3;1H. The number of Topliss-reactive ketones (excluding diaryl/α,β-unsaturated/α-hetero) is 2. The Morgan fingerprint density at radius 2 is 1.12 bits per heavy atom. The molecule has 0 aromatic rings. The molecule has 4 heteroatoms. The van der Waals surface area contributed by atoms with Crippen molar-refractivity contribution in [3.05, 3.63) is 0 Å². The van der Waals surface area contributed by atoms with E-state index in [4.69, 9.17) is 0 Å². The summed E-state index contributed by atoms with van der Waals surface area (Å²) in [6, 6.07) is 0. The molecule has 4 aliphatic rings. The molecule has 4 saturated carbocycles. The maximum Gasteiger partial charge on any atom is 0.148 e. The van der Waals surface area contributed by atoms with E-state index in [0.29, 0.717) is 23.4 Å². The first-order valence-electron chi connectivity index (χ1n) is 10.4. The van der Waals surface area contributed by atoms with Gasteiger partial charge in [-0.2, -0.15) is 0 Å². The van der Waals surface area contributed by atoms with Crippen LogP contribution in [0.25, 0.3) is 0 Å². The van der Waals surface area contributed by atoms with Gasteiger partial charge in [-0.25, -0.2) is 0 Å². The minimum Gasteiger partial charge on any atom is -1.00 e. The molecule has 4 fully saturated rings. The van der Waals surface area contributed by atoms with E-state index in [1.54, 1.807) is 0 Å². The van der Waals surface area contributed by atoms with Gasteiger partial charge in [-0.1, -0.05) is 41.5 Å². The highest BCUT2D eigenvalue weighted by atomic mass is 79.9. The Morgan fingerprint density at radius 3 is 1.38 bits per heavy atom. The first-order valence-corrected chi connectivity index (χ1v) is 10.4. The van der Waals surface area contributed by atoms with Gasteiger partial charge in [0.1, 0.15) is 11.6 Å². The SMILES string of the molecule is CC12CCC(C(C[NH2+]CC3C(=O)C4(C)CCC3C4(C)C)C1=O)C2(C)C.[Br-]. The van der Waals surface area contributed by atoms with Crippen molar-refractivity contribution in [1.82, 2.24) is 0 Å². The lowest BCUT2D eigenvalue weighted by Crippen LogP contribution is -3.00. The molecular formula is C22H36BrNO2. The number of fused-ring (bicyclic) bond motifs is 4. The second-order valence-corrected chi connectivity index (χ2v) is 11.1. The first kappa shape index (κ1) is 20.5. The number of nitrogens with two attached hydrogens (primary N) is 1. The van der Waals surface area contributed by atoms with Gasteiger partial charge >= 0.3 is 0 Å². The summed E-state index contributed by atoms with van der Waals surface area (Å²) in [5, 5.41) is 2.31. The summed E-state index contributed by atoms with van der Waals surface area (Å²) in [7, 11) is 0. The van der Waals surface area contributed by atoms with Crippen molar-refractivity contribution in [1.29, 1.82) is 0 Å². The molecule has 148 valence electrons. The van der Waals surface area contributed by atoms with Crippen LogP contribution in [-0.4, -0.2) is 24.7 Å². The summed E-state index contributed by atoms with van der Waals surface area (Å²) in [6.45, 7) is 15.3. The Hall–Kier alpha value is -0.220. The van der Waals surface area contributed by atoms with E-state index in [1.807, 2.05) is 0 Å². The van der Waals surface area contributed by atoms with Crippen molar-refractivity contribution < 1.29 is 31.9 Å². The van der Waals surface area contributed by atoms with Crippen molar-refractivity contribution in [2.75, 3.05) is 13.1 Å². The maximum absolute atomic E-state index is 13.0. The van der Waals surface area contributed by atoms with Crippen LogP contribution in [0.1, 0.15) is 67.2 Å². The molecule has 0 spiro atoms. The van der Waals surface area contributed by atoms with Crippen molar-refractivity contribution in [3.8, 4) is 0 Å². The molecule has 6 unspecified atom stereocenters. The topological polar surface area (TPSA) is 50.8 Å². The van der Waals surface area contributed by atoms with Crippen LogP contribution >= 0.6 is 0 Å². The van der Waals surface area contributed by atoms with Gasteiger partial charge in [0.05, 0.1) is 24.9 Å². The van der Waals surface area contributed by atoms with Gasteiger partial charge in [-0.3, -0.25) is 9.59 Å². The highest BCUT2D eigenvalue weighted by molar-refractivity contribution is 5.92. The molecule has 0 aromatic carbocycles. The Balaban J connectivity index is 0.00000196. The lowest BCUT2D eigenvalue weighted by atomic mass is 9.70. The second kappa shape index (κ2) is 5.89. The normalized spacial score (nSPS) is 47.5. The van der Waals surface area contributed by atoms with Crippen LogP contribution in [0, 0.1) is 45.3 Å². The Labute approximate surface area is 169 Å². The molecule has 0 aromatic heterocycles. The fourth-order valence-corrected chi connectivity index (χ4v) is 7.54. The third kappa shape index (κ3) is 2.15. The molecule has 4 aliphatic carbocycles. The second-order valence-electron chi connectivity index (χ2n) is 11.1. The van der Waals surface area contributed by atoms with E-state index in [2.05, 4.69) is 46.9 Å². The molecule has 26 heavy (non-hydrogen) atoms. The van der Waals surface area contributed by atoms with Gasteiger partial charge < -0.3 is 22.3 Å². The molecule has 6 atom stereocenters. The van der Waals surface area contributed by atoms with Gasteiger partial charge in [0, 0.05) is 10.8 Å². The van der Waals surface area contributed by atoms with E-state index in [1.165, 1.54) is 12.8 Å². The first-order chi connectivity index (χ1) is 11.5. The third-order valence-corrected chi connectivity index (χ3v) is 10.2. The van der Waals surface area contributed by atoms with Crippen LogP contribution in [0.15, 0.2) is 0 Å². The maximum atomic E-state index is 13.0. The molecule has 0 amide bonds. The summed E-state index contributed by atoms with van der Waals surface area (Å²) in [5.41, 5.74) is 0.0440. The third-order valence-electron chi connectivity index (χ3n) is 10.2. The number of hydrogen-bond donors (Lipinski definition) is 1. The van der Waals surface area contributed by atoms with Crippen molar-refractivity contribution in [2.45, 2.75) is 67.2 Å². The Kier molecular flexibility index (Phi) is 4.65. The lowest BCUT2D eigenvalue weighted by molar-refractivity contribution is -0.664. The summed E-state index contributed by atoms with van der Waals surface area (Å²) >= 11 is 0. The van der Waals surface area contributed by atoms with Crippen LogP contribution in [0.3, 0.4) is 0 Å². The summed E-state index contributed by atoms with van der Waals surface area (Å²) in [4.78, 5) is 26.0. The average Bonchev–Trinajstić information content (AvgIpc) is 3.01. The predicted octanol–water partition coefficient (Wildman–Crippen LogP) is -0.163. The highest BCUT2D eigenvalue weighted by Gasteiger charge is 2.68. The summed E-state index contributed by atoms with van der Waals surface area (Å²) < 4.78 is 0. The van der Waals surface area contributed by atoms with E-state index in [0.717, 1.165) is 25.9 Å². The van der Waals surface area contributed by atoms with Crippen molar-refractivity contribution in [2.24, 2.45) is 45.3 Å². The molecule has 4 bridgehead atoms. The number of rotatable bonds is 4. The zero-order valence-corrected chi connectivity index (χ0v) is 18.9. The van der Waals surface area contributed by atoms with Crippen LogP contribution in [-0.2, 0) is 9.59 Å². The molecular weight excluding hydrogens is 390 g/mol. The quantitative estimate of drug-likeness (QED) is 0.679. The average molecular weight is 426 g/mol. The van der Waals surface area contributed by atoms with Crippen LogP contribution in [0.2, 0.25) is 0 Å². The fraction of sp³-hybridized carbons (Fsp3) is 0.909. The number of carbonyl (C=O) groups excluding carboxylic acids is 2. The minimum atomic E-state index is -0.117. The van der Waals surface area contributed by atoms with E-state index in [9.17, 15) is 9.59 Å². The predicted molar refractivity (Wildman–Crippen MR) is 97.9 cm³/mol. The van der Waals surface area contributed by atoms with Gasteiger partial charge in [-0.15, -0.1) is 0 Å².